The first-order valence-corrected chi connectivity index (χ1v) is 11.5. The highest BCUT2D eigenvalue weighted by Gasteiger charge is 2.48. The van der Waals surface area contributed by atoms with Gasteiger partial charge in [-0.25, -0.2) is 0 Å². The van der Waals surface area contributed by atoms with Crippen molar-refractivity contribution in [2.75, 3.05) is 18.4 Å². The smallest absolute Gasteiger partial charge is 0.273 e. The van der Waals surface area contributed by atoms with Gasteiger partial charge in [-0.3, -0.25) is 14.4 Å². The van der Waals surface area contributed by atoms with E-state index in [0.29, 0.717) is 42.9 Å². The molecular formula is C25H36N4O3. The molecule has 0 aliphatic carbocycles. The molecule has 0 bridgehead atoms. The zero-order chi connectivity index (χ0) is 23.6. The number of benzene rings is 1. The van der Waals surface area contributed by atoms with Gasteiger partial charge in [-0.1, -0.05) is 45.9 Å². The van der Waals surface area contributed by atoms with Gasteiger partial charge >= 0.3 is 0 Å². The fraction of sp³-hybridized carbons (Fsp3) is 0.560. The fourth-order valence-corrected chi connectivity index (χ4v) is 4.33. The predicted octanol–water partition coefficient (Wildman–Crippen LogP) is 4.02. The Morgan fingerprint density at radius 3 is 2.38 bits per heavy atom. The lowest BCUT2D eigenvalue weighted by atomic mass is 9.93. The van der Waals surface area contributed by atoms with E-state index in [-0.39, 0.29) is 17.7 Å². The number of rotatable bonds is 8. The zero-order valence-electron chi connectivity index (χ0n) is 20.1. The van der Waals surface area contributed by atoms with Gasteiger partial charge in [0.25, 0.3) is 5.91 Å². The second kappa shape index (κ2) is 9.35. The van der Waals surface area contributed by atoms with E-state index in [1.54, 1.807) is 4.90 Å². The van der Waals surface area contributed by atoms with Gasteiger partial charge in [0.1, 0.15) is 11.2 Å². The highest BCUT2D eigenvalue weighted by Crippen LogP contribution is 2.38. The van der Waals surface area contributed by atoms with E-state index in [4.69, 9.17) is 0 Å². The van der Waals surface area contributed by atoms with Crippen molar-refractivity contribution in [3.05, 3.63) is 30.0 Å². The maximum absolute atomic E-state index is 13.9. The van der Waals surface area contributed by atoms with Crippen molar-refractivity contribution in [3.8, 4) is 0 Å². The Morgan fingerprint density at radius 2 is 1.75 bits per heavy atom. The standard InChI is InChI=1S/C25H36N4O3/c1-16(2)11-13-26-24(32)25(6)15-28-20-10-8-7-9-19(20)21(27-18(5)30)22(28)23(31)29(25)14-12-17(3)4/h7-10,16-17H,11-15H2,1-6H3,(H,26,32)(H,27,30). The van der Waals surface area contributed by atoms with Crippen LogP contribution in [0.2, 0.25) is 0 Å². The van der Waals surface area contributed by atoms with Crippen LogP contribution in [0.5, 0.6) is 0 Å². The third-order valence-electron chi connectivity index (χ3n) is 6.21. The van der Waals surface area contributed by atoms with E-state index < -0.39 is 5.54 Å². The van der Waals surface area contributed by atoms with Gasteiger partial charge in [-0.15, -0.1) is 0 Å². The van der Waals surface area contributed by atoms with Crippen LogP contribution in [0.3, 0.4) is 0 Å². The highest BCUT2D eigenvalue weighted by atomic mass is 16.2. The molecule has 3 rings (SSSR count). The number of nitrogens with zero attached hydrogens (tertiary/aromatic N) is 2. The van der Waals surface area contributed by atoms with Crippen LogP contribution in [0, 0.1) is 11.8 Å². The number of aromatic nitrogens is 1. The lowest BCUT2D eigenvalue weighted by Gasteiger charge is -2.44. The van der Waals surface area contributed by atoms with Gasteiger partial charge in [0.2, 0.25) is 11.8 Å². The summed E-state index contributed by atoms with van der Waals surface area (Å²) in [6.07, 6.45) is 1.67. The molecule has 1 aliphatic heterocycles. The molecule has 0 saturated heterocycles. The number of carbonyl (C=O) groups is 3. The van der Waals surface area contributed by atoms with Crippen LogP contribution in [0.1, 0.15) is 64.9 Å². The number of nitrogens with one attached hydrogen (secondary N) is 2. The number of fused-ring (bicyclic) bond motifs is 3. The summed E-state index contributed by atoms with van der Waals surface area (Å²) in [5, 5.41) is 6.74. The van der Waals surface area contributed by atoms with Gasteiger partial charge in [0.15, 0.2) is 0 Å². The molecule has 2 heterocycles. The number of carbonyl (C=O) groups excluding carboxylic acids is 3. The minimum absolute atomic E-state index is 0.139. The molecule has 1 unspecified atom stereocenters. The molecule has 174 valence electrons. The van der Waals surface area contributed by atoms with Crippen LogP contribution in [0.25, 0.3) is 10.9 Å². The van der Waals surface area contributed by atoms with Crippen LogP contribution >= 0.6 is 0 Å². The van der Waals surface area contributed by atoms with Crippen molar-refractivity contribution in [1.29, 1.82) is 0 Å². The Bertz CT molecular complexity index is 1020. The summed E-state index contributed by atoms with van der Waals surface area (Å²) in [4.78, 5) is 41.0. The molecule has 0 saturated carbocycles. The SMILES string of the molecule is CC(=O)Nc1c2n(c3ccccc13)CC(C)(C(=O)NCCC(C)C)N(CCC(C)C)C2=O. The van der Waals surface area contributed by atoms with Gasteiger partial charge in [0.05, 0.1) is 17.7 Å². The Hall–Kier alpha value is -2.83. The van der Waals surface area contributed by atoms with Crippen molar-refractivity contribution in [2.24, 2.45) is 11.8 Å². The van der Waals surface area contributed by atoms with Crippen molar-refractivity contribution >= 4 is 34.3 Å². The minimum atomic E-state index is -1.02. The normalized spacial score (nSPS) is 18.4. The first-order valence-electron chi connectivity index (χ1n) is 11.5. The van der Waals surface area contributed by atoms with E-state index in [1.165, 1.54) is 6.92 Å². The van der Waals surface area contributed by atoms with Crippen LogP contribution in [-0.4, -0.2) is 45.8 Å². The molecule has 0 radical (unpaired) electrons. The summed E-state index contributed by atoms with van der Waals surface area (Å²) >= 11 is 0. The first kappa shape index (κ1) is 23.8. The van der Waals surface area contributed by atoms with Crippen LogP contribution in [-0.2, 0) is 16.1 Å². The summed E-state index contributed by atoms with van der Waals surface area (Å²) in [5.74, 6) is 0.274. The Kier molecular flexibility index (Phi) is 6.96. The van der Waals surface area contributed by atoms with Crippen molar-refractivity contribution in [3.63, 3.8) is 0 Å². The summed E-state index contributed by atoms with van der Waals surface area (Å²) < 4.78 is 1.90. The monoisotopic (exact) mass is 440 g/mol. The minimum Gasteiger partial charge on any atom is -0.354 e. The second-order valence-corrected chi connectivity index (χ2v) is 9.86. The Balaban J connectivity index is 2.10. The maximum Gasteiger partial charge on any atom is 0.273 e. The predicted molar refractivity (Wildman–Crippen MR) is 128 cm³/mol. The fourth-order valence-electron chi connectivity index (χ4n) is 4.33. The first-order chi connectivity index (χ1) is 15.1. The van der Waals surface area contributed by atoms with E-state index in [9.17, 15) is 14.4 Å². The highest BCUT2D eigenvalue weighted by molar-refractivity contribution is 6.14. The molecule has 32 heavy (non-hydrogen) atoms. The van der Waals surface area contributed by atoms with Gasteiger partial charge in [-0.2, -0.15) is 0 Å². The number of hydrogen-bond acceptors (Lipinski definition) is 3. The Labute approximate surface area is 190 Å². The summed E-state index contributed by atoms with van der Waals surface area (Å²) in [6.45, 7) is 13.1. The van der Waals surface area contributed by atoms with E-state index in [2.05, 4.69) is 38.3 Å². The van der Waals surface area contributed by atoms with Crippen LogP contribution < -0.4 is 10.6 Å². The van der Waals surface area contributed by atoms with E-state index in [0.717, 1.165) is 23.7 Å². The Morgan fingerprint density at radius 1 is 1.09 bits per heavy atom. The summed E-state index contributed by atoms with van der Waals surface area (Å²) in [7, 11) is 0. The molecule has 0 spiro atoms. The van der Waals surface area contributed by atoms with Gasteiger partial charge in [0, 0.05) is 25.4 Å². The molecule has 2 N–H and O–H groups in total. The van der Waals surface area contributed by atoms with Crippen molar-refractivity contribution in [2.45, 2.75) is 66.5 Å². The number of hydrogen-bond donors (Lipinski definition) is 2. The molecular weight excluding hydrogens is 404 g/mol. The molecule has 7 heteroatoms. The zero-order valence-corrected chi connectivity index (χ0v) is 20.1. The quantitative estimate of drug-likeness (QED) is 0.650. The molecule has 1 atom stereocenters. The molecule has 1 aliphatic rings. The number of anilines is 1. The van der Waals surface area contributed by atoms with Gasteiger partial charge in [-0.05, 0) is 37.7 Å². The average molecular weight is 441 g/mol. The second-order valence-electron chi connectivity index (χ2n) is 9.86. The van der Waals surface area contributed by atoms with Crippen LogP contribution in [0.15, 0.2) is 24.3 Å². The van der Waals surface area contributed by atoms with Crippen molar-refractivity contribution < 1.29 is 14.4 Å². The lowest BCUT2D eigenvalue weighted by Crippen LogP contribution is -2.64. The third kappa shape index (κ3) is 4.52. The maximum atomic E-state index is 13.9. The topological polar surface area (TPSA) is 83.4 Å². The molecule has 3 amide bonds. The molecule has 7 nitrogen and oxygen atoms in total. The number of amides is 3. The lowest BCUT2D eigenvalue weighted by molar-refractivity contribution is -0.133. The molecule has 2 aromatic rings. The molecule has 0 fully saturated rings. The van der Waals surface area contributed by atoms with E-state index in [1.807, 2.05) is 35.8 Å². The summed E-state index contributed by atoms with van der Waals surface area (Å²) in [5.41, 5.74) is 0.780. The van der Waals surface area contributed by atoms with Gasteiger partial charge < -0.3 is 20.1 Å². The summed E-state index contributed by atoms with van der Waals surface area (Å²) in [6, 6.07) is 7.62. The van der Waals surface area contributed by atoms with Crippen LogP contribution in [0.4, 0.5) is 5.69 Å². The number of para-hydroxylation sites is 1. The molecule has 1 aromatic heterocycles. The van der Waals surface area contributed by atoms with Crippen molar-refractivity contribution in [1.82, 2.24) is 14.8 Å². The molecule has 1 aromatic carbocycles. The largest absolute Gasteiger partial charge is 0.354 e. The third-order valence-corrected chi connectivity index (χ3v) is 6.21. The average Bonchev–Trinajstić information content (AvgIpc) is 3.00. The van der Waals surface area contributed by atoms with E-state index >= 15 is 0 Å².